The third-order valence-electron chi connectivity index (χ3n) is 4.03. The van der Waals surface area contributed by atoms with Crippen molar-refractivity contribution in [1.82, 2.24) is 10.3 Å². The van der Waals surface area contributed by atoms with Crippen LogP contribution in [0.25, 0.3) is 0 Å². The Morgan fingerprint density at radius 3 is 3.16 bits per heavy atom. The molecule has 6 heteroatoms. The van der Waals surface area contributed by atoms with E-state index in [1.54, 1.807) is 0 Å². The molecule has 1 aromatic heterocycles. The van der Waals surface area contributed by atoms with Crippen molar-refractivity contribution in [3.8, 4) is 0 Å². The smallest absolute Gasteiger partial charge is 0.220 e. The van der Waals surface area contributed by atoms with Gasteiger partial charge in [0.05, 0.1) is 0 Å². The molecule has 3 heterocycles. The fraction of sp³-hybridized carbons (Fsp3) is 0.538. The lowest BCUT2D eigenvalue weighted by atomic mass is 9.85. The number of hydrogen-bond donors (Lipinski definition) is 3. The predicted octanol–water partition coefficient (Wildman–Crippen LogP) is 0.472. The maximum Gasteiger partial charge on any atom is 0.220 e. The molecular formula is C13H19N5O. The summed E-state index contributed by atoms with van der Waals surface area (Å²) in [6.07, 6.45) is 2.60. The third kappa shape index (κ3) is 2.49. The Morgan fingerprint density at radius 1 is 1.42 bits per heavy atom. The van der Waals surface area contributed by atoms with E-state index in [4.69, 9.17) is 5.84 Å². The number of anilines is 2. The first-order valence-electron chi connectivity index (χ1n) is 6.74. The number of rotatable bonds is 2. The van der Waals surface area contributed by atoms with Crippen LogP contribution < -0.4 is 21.5 Å². The van der Waals surface area contributed by atoms with Crippen molar-refractivity contribution in [2.75, 3.05) is 23.4 Å². The van der Waals surface area contributed by atoms with E-state index in [9.17, 15) is 4.79 Å². The number of hydrazine groups is 1. The Bertz CT molecular complexity index is 478. The van der Waals surface area contributed by atoms with Crippen LogP contribution in [0.15, 0.2) is 18.2 Å². The highest BCUT2D eigenvalue weighted by Gasteiger charge is 2.34. The highest BCUT2D eigenvalue weighted by molar-refractivity contribution is 5.77. The number of nitrogens with zero attached hydrogens (tertiary/aromatic N) is 2. The number of carbonyl (C=O) groups is 1. The zero-order valence-corrected chi connectivity index (χ0v) is 10.8. The van der Waals surface area contributed by atoms with E-state index < -0.39 is 0 Å². The van der Waals surface area contributed by atoms with Crippen LogP contribution in [0.2, 0.25) is 0 Å². The zero-order chi connectivity index (χ0) is 13.2. The molecule has 0 radical (unpaired) electrons. The molecular weight excluding hydrogens is 242 g/mol. The molecule has 0 saturated carbocycles. The first-order chi connectivity index (χ1) is 9.26. The van der Waals surface area contributed by atoms with E-state index in [1.165, 1.54) is 0 Å². The van der Waals surface area contributed by atoms with Gasteiger partial charge in [-0.2, -0.15) is 0 Å². The van der Waals surface area contributed by atoms with E-state index in [1.807, 2.05) is 18.2 Å². The molecule has 2 saturated heterocycles. The highest BCUT2D eigenvalue weighted by atomic mass is 16.1. The Balaban J connectivity index is 1.72. The minimum atomic E-state index is 0.196. The molecule has 0 spiro atoms. The molecule has 4 N–H and O–H groups in total. The average Bonchev–Trinajstić information content (AvgIpc) is 2.46. The average molecular weight is 261 g/mol. The van der Waals surface area contributed by atoms with Crippen LogP contribution in [0, 0.1) is 5.92 Å². The molecule has 2 aliphatic heterocycles. The van der Waals surface area contributed by atoms with Crippen LogP contribution in [0.5, 0.6) is 0 Å². The second kappa shape index (κ2) is 5.05. The third-order valence-corrected chi connectivity index (χ3v) is 4.03. The fourth-order valence-corrected chi connectivity index (χ4v) is 3.00. The van der Waals surface area contributed by atoms with E-state index in [-0.39, 0.29) is 5.91 Å². The number of aromatic nitrogens is 1. The van der Waals surface area contributed by atoms with Gasteiger partial charge in [0.2, 0.25) is 5.91 Å². The lowest BCUT2D eigenvalue weighted by Gasteiger charge is -2.41. The van der Waals surface area contributed by atoms with Gasteiger partial charge in [0.1, 0.15) is 11.6 Å². The largest absolute Gasteiger partial charge is 0.356 e. The summed E-state index contributed by atoms with van der Waals surface area (Å²) in [5, 5.41) is 3.09. The quantitative estimate of drug-likeness (QED) is 0.532. The van der Waals surface area contributed by atoms with Gasteiger partial charge in [-0.1, -0.05) is 6.07 Å². The van der Waals surface area contributed by atoms with E-state index in [0.29, 0.717) is 24.2 Å². The van der Waals surface area contributed by atoms with Crippen molar-refractivity contribution in [3.63, 3.8) is 0 Å². The summed E-state index contributed by atoms with van der Waals surface area (Å²) in [6.45, 7) is 1.87. The number of fused-ring (bicyclic) bond motifs is 1. The van der Waals surface area contributed by atoms with Gasteiger partial charge in [-0.05, 0) is 30.9 Å². The number of nitrogens with one attached hydrogen (secondary N) is 2. The maximum atomic E-state index is 11.4. The number of carbonyl (C=O) groups excluding carboxylic acids is 1. The zero-order valence-electron chi connectivity index (χ0n) is 10.8. The Kier molecular flexibility index (Phi) is 3.25. The predicted molar refractivity (Wildman–Crippen MR) is 73.5 cm³/mol. The molecule has 1 amide bonds. The second-order valence-corrected chi connectivity index (χ2v) is 5.23. The number of amides is 1. The summed E-state index contributed by atoms with van der Waals surface area (Å²) >= 11 is 0. The monoisotopic (exact) mass is 261 g/mol. The van der Waals surface area contributed by atoms with Crippen LogP contribution in [-0.4, -0.2) is 30.0 Å². The van der Waals surface area contributed by atoms with Crippen molar-refractivity contribution < 1.29 is 4.79 Å². The van der Waals surface area contributed by atoms with Crippen LogP contribution in [-0.2, 0) is 4.79 Å². The van der Waals surface area contributed by atoms with E-state index >= 15 is 0 Å². The minimum absolute atomic E-state index is 0.196. The van der Waals surface area contributed by atoms with Gasteiger partial charge in [0.15, 0.2) is 0 Å². The van der Waals surface area contributed by atoms with Gasteiger partial charge < -0.3 is 15.6 Å². The van der Waals surface area contributed by atoms with Crippen LogP contribution in [0.3, 0.4) is 0 Å². The van der Waals surface area contributed by atoms with Crippen LogP contribution in [0.1, 0.15) is 19.3 Å². The summed E-state index contributed by atoms with van der Waals surface area (Å²) < 4.78 is 0. The van der Waals surface area contributed by atoms with Crippen LogP contribution >= 0.6 is 0 Å². The summed E-state index contributed by atoms with van der Waals surface area (Å²) in [5.41, 5.74) is 2.57. The maximum absolute atomic E-state index is 11.4. The lowest BCUT2D eigenvalue weighted by Crippen LogP contribution is -2.54. The molecule has 2 fully saturated rings. The Morgan fingerprint density at radius 2 is 2.32 bits per heavy atom. The highest BCUT2D eigenvalue weighted by Crippen LogP contribution is 2.28. The van der Waals surface area contributed by atoms with Gasteiger partial charge in [0, 0.05) is 25.6 Å². The van der Waals surface area contributed by atoms with Gasteiger partial charge in [-0.3, -0.25) is 4.79 Å². The standard InChI is InChI=1S/C13H19N5O/c14-17-11-2-1-3-12(16-11)18-7-6-10-9(8-18)4-5-13(19)15-10/h1-3,9-10H,4-8,14H2,(H,15,19)(H,16,17). The van der Waals surface area contributed by atoms with Gasteiger partial charge >= 0.3 is 0 Å². The van der Waals surface area contributed by atoms with E-state index in [0.717, 1.165) is 31.7 Å². The molecule has 2 unspecified atom stereocenters. The Labute approximate surface area is 112 Å². The normalized spacial score (nSPS) is 26.6. The van der Waals surface area contributed by atoms with Crippen molar-refractivity contribution >= 4 is 17.5 Å². The molecule has 2 atom stereocenters. The topological polar surface area (TPSA) is 83.3 Å². The van der Waals surface area contributed by atoms with Crippen molar-refractivity contribution in [2.24, 2.45) is 11.8 Å². The summed E-state index contributed by atoms with van der Waals surface area (Å²) in [7, 11) is 0. The van der Waals surface area contributed by atoms with Crippen molar-refractivity contribution in [2.45, 2.75) is 25.3 Å². The number of piperidine rings is 2. The lowest BCUT2D eigenvalue weighted by molar-refractivity contribution is -0.124. The number of pyridine rings is 1. The number of hydrogen-bond acceptors (Lipinski definition) is 5. The van der Waals surface area contributed by atoms with Gasteiger partial charge in [0.25, 0.3) is 0 Å². The Hall–Kier alpha value is -1.82. The van der Waals surface area contributed by atoms with Crippen molar-refractivity contribution in [3.05, 3.63) is 18.2 Å². The first-order valence-corrected chi connectivity index (χ1v) is 6.74. The molecule has 2 aliphatic rings. The SMILES string of the molecule is NNc1cccc(N2CCC3NC(=O)CCC3C2)n1. The van der Waals surface area contributed by atoms with Gasteiger partial charge in [-0.15, -0.1) is 0 Å². The molecule has 102 valence electrons. The molecule has 3 rings (SSSR count). The minimum Gasteiger partial charge on any atom is -0.356 e. The number of nitrogens with two attached hydrogens (primary N) is 1. The summed E-state index contributed by atoms with van der Waals surface area (Å²) in [5.74, 6) is 7.75. The van der Waals surface area contributed by atoms with Crippen molar-refractivity contribution in [1.29, 1.82) is 0 Å². The fourth-order valence-electron chi connectivity index (χ4n) is 3.00. The summed E-state index contributed by atoms with van der Waals surface area (Å²) in [6, 6.07) is 6.14. The molecule has 0 bridgehead atoms. The molecule has 19 heavy (non-hydrogen) atoms. The van der Waals surface area contributed by atoms with Crippen LogP contribution in [0.4, 0.5) is 11.6 Å². The van der Waals surface area contributed by atoms with E-state index in [2.05, 4.69) is 20.6 Å². The van der Waals surface area contributed by atoms with Gasteiger partial charge in [-0.25, -0.2) is 10.8 Å². The molecule has 0 aromatic carbocycles. The molecule has 0 aliphatic carbocycles. The summed E-state index contributed by atoms with van der Waals surface area (Å²) in [4.78, 5) is 18.1. The molecule has 6 nitrogen and oxygen atoms in total. The molecule has 1 aromatic rings. The second-order valence-electron chi connectivity index (χ2n) is 5.23. The first kappa shape index (κ1) is 12.2. The number of nitrogen functional groups attached to an aromatic ring is 1.